The predicted octanol–water partition coefficient (Wildman–Crippen LogP) is 2.15. The molecule has 30 heavy (non-hydrogen) atoms. The van der Waals surface area contributed by atoms with E-state index in [0.717, 1.165) is 11.5 Å². The molecule has 0 aliphatic heterocycles. The molecule has 3 aromatic rings. The van der Waals surface area contributed by atoms with E-state index in [1.54, 1.807) is 20.3 Å². The van der Waals surface area contributed by atoms with Crippen molar-refractivity contribution in [1.29, 1.82) is 0 Å². The van der Waals surface area contributed by atoms with Gasteiger partial charge in [-0.1, -0.05) is 0 Å². The number of nitro groups is 2. The lowest BCUT2D eigenvalue weighted by molar-refractivity contribution is -0.392. The number of halogens is 1. The quantitative estimate of drug-likeness (QED) is 0.308. The third-order valence-electron chi connectivity index (χ3n) is 4.39. The van der Waals surface area contributed by atoms with Gasteiger partial charge in [0.15, 0.2) is 0 Å². The Hall–Kier alpha value is -3.32. The smallest absolute Gasteiger partial charge is 0.342 e. The van der Waals surface area contributed by atoms with Crippen LogP contribution in [0.5, 0.6) is 0 Å². The number of rotatable bonds is 7. The number of ether oxygens (including phenoxy) is 1. The normalized spacial score (nSPS) is 10.6. The van der Waals surface area contributed by atoms with Crippen LogP contribution < -0.4 is 0 Å². The molecule has 0 N–H and O–H groups in total. The number of imidazole rings is 3. The second-order valence-corrected chi connectivity index (χ2v) is 6.47. The highest BCUT2D eigenvalue weighted by molar-refractivity contribution is 6.16. The van der Waals surface area contributed by atoms with Crippen molar-refractivity contribution in [1.82, 2.24) is 28.7 Å². The van der Waals surface area contributed by atoms with Crippen molar-refractivity contribution in [3.63, 3.8) is 0 Å². The average Bonchev–Trinajstić information content (AvgIpc) is 3.35. The van der Waals surface area contributed by atoms with Crippen LogP contribution in [0.25, 0.3) is 0 Å². The Balaban J connectivity index is 0.000000248. The van der Waals surface area contributed by atoms with E-state index in [1.807, 2.05) is 18.5 Å². The third-order valence-corrected chi connectivity index (χ3v) is 4.63. The van der Waals surface area contributed by atoms with Gasteiger partial charge in [-0.2, -0.15) is 0 Å². The summed E-state index contributed by atoms with van der Waals surface area (Å²) in [5.41, 5.74) is 1.05. The van der Waals surface area contributed by atoms with Gasteiger partial charge in [0.2, 0.25) is 11.6 Å². The van der Waals surface area contributed by atoms with Crippen LogP contribution in [0.2, 0.25) is 0 Å². The molecule has 0 radical (unpaired) electrons. The average molecular weight is 441 g/mol. The number of alkyl halides is 1. The first kappa shape index (κ1) is 23.0. The van der Waals surface area contributed by atoms with Crippen molar-refractivity contribution in [3.8, 4) is 0 Å². The topological polar surface area (TPSA) is 149 Å². The molecule has 0 aliphatic rings. The molecular formula is C16H21ClN8O5. The monoisotopic (exact) mass is 440 g/mol. The van der Waals surface area contributed by atoms with Gasteiger partial charge in [-0.25, -0.2) is 24.1 Å². The zero-order valence-electron chi connectivity index (χ0n) is 16.9. The Morgan fingerprint density at radius 2 is 1.30 bits per heavy atom. The zero-order chi connectivity index (χ0) is 22.4. The van der Waals surface area contributed by atoms with Crippen molar-refractivity contribution < 1.29 is 14.6 Å². The second kappa shape index (κ2) is 9.93. The van der Waals surface area contributed by atoms with Gasteiger partial charge >= 0.3 is 11.6 Å². The molecule has 0 saturated heterocycles. The number of nitrogens with zero attached hydrogens (tertiary/aromatic N) is 8. The zero-order valence-corrected chi connectivity index (χ0v) is 17.6. The van der Waals surface area contributed by atoms with E-state index in [4.69, 9.17) is 16.3 Å². The van der Waals surface area contributed by atoms with E-state index in [9.17, 15) is 20.2 Å². The third kappa shape index (κ3) is 5.18. The Morgan fingerprint density at radius 3 is 1.67 bits per heavy atom. The summed E-state index contributed by atoms with van der Waals surface area (Å²) in [7, 11) is 5.06. The summed E-state index contributed by atoms with van der Waals surface area (Å²) < 4.78 is 10.2. The van der Waals surface area contributed by atoms with E-state index in [2.05, 4.69) is 15.0 Å². The molecule has 0 unspecified atom stereocenters. The molecule has 0 spiro atoms. The maximum atomic E-state index is 10.7. The minimum atomic E-state index is -0.497. The maximum absolute atomic E-state index is 10.7. The molecule has 0 saturated carbocycles. The Labute approximate surface area is 176 Å². The Kier molecular flexibility index (Phi) is 7.60. The van der Waals surface area contributed by atoms with Crippen molar-refractivity contribution in [2.24, 2.45) is 21.1 Å². The molecule has 0 aromatic carbocycles. The molecule has 0 amide bonds. The van der Waals surface area contributed by atoms with E-state index in [1.165, 1.54) is 21.5 Å². The van der Waals surface area contributed by atoms with Crippen LogP contribution in [0.3, 0.4) is 0 Å². The summed E-state index contributed by atoms with van der Waals surface area (Å²) in [6, 6.07) is 0. The van der Waals surface area contributed by atoms with Crippen LogP contribution in [0, 0.1) is 27.2 Å². The maximum Gasteiger partial charge on any atom is 0.342 e. The molecule has 14 heteroatoms. The highest BCUT2D eigenvalue weighted by Crippen LogP contribution is 2.13. The molecule has 3 rings (SSSR count). The number of aromatic nitrogens is 6. The van der Waals surface area contributed by atoms with Gasteiger partial charge < -0.3 is 29.5 Å². The highest BCUT2D eigenvalue weighted by atomic mass is 35.5. The van der Waals surface area contributed by atoms with E-state index < -0.39 is 9.85 Å². The highest BCUT2D eigenvalue weighted by Gasteiger charge is 2.16. The first-order valence-electron chi connectivity index (χ1n) is 8.58. The SMILES string of the molecule is Cc1cnc(COCc2ncc([N+](=O)[O-])n2C)n1C.Cn1c([N+](=O)[O-])cnc1CCl. The lowest BCUT2D eigenvalue weighted by atomic mass is 10.5. The van der Waals surface area contributed by atoms with Crippen LogP contribution in [0.4, 0.5) is 11.6 Å². The summed E-state index contributed by atoms with van der Waals surface area (Å²) in [5, 5.41) is 20.9. The summed E-state index contributed by atoms with van der Waals surface area (Å²) in [5.74, 6) is 1.91. The number of hydrogen-bond acceptors (Lipinski definition) is 8. The van der Waals surface area contributed by atoms with Crippen LogP contribution >= 0.6 is 11.6 Å². The van der Waals surface area contributed by atoms with Gasteiger partial charge in [0.25, 0.3) is 0 Å². The molecule has 0 bridgehead atoms. The van der Waals surface area contributed by atoms with Gasteiger partial charge in [0, 0.05) is 18.9 Å². The Bertz CT molecular complexity index is 1040. The molecule has 0 fully saturated rings. The minimum Gasteiger partial charge on any atom is -0.363 e. The van der Waals surface area contributed by atoms with Crippen molar-refractivity contribution in [3.05, 3.63) is 62.0 Å². The van der Waals surface area contributed by atoms with Crippen molar-refractivity contribution in [2.45, 2.75) is 26.0 Å². The minimum absolute atomic E-state index is 0.0411. The lowest BCUT2D eigenvalue weighted by Gasteiger charge is -2.04. The van der Waals surface area contributed by atoms with E-state index in [-0.39, 0.29) is 24.1 Å². The van der Waals surface area contributed by atoms with Gasteiger partial charge in [-0.15, -0.1) is 11.6 Å². The fourth-order valence-corrected chi connectivity index (χ4v) is 2.63. The van der Waals surface area contributed by atoms with Crippen molar-refractivity contribution in [2.75, 3.05) is 0 Å². The first-order chi connectivity index (χ1) is 14.2. The van der Waals surface area contributed by atoms with Crippen LogP contribution in [0.15, 0.2) is 18.6 Å². The fourth-order valence-electron chi connectivity index (χ4n) is 2.39. The lowest BCUT2D eigenvalue weighted by Crippen LogP contribution is -2.06. The van der Waals surface area contributed by atoms with E-state index >= 15 is 0 Å². The summed E-state index contributed by atoms with van der Waals surface area (Å²) in [4.78, 5) is 31.9. The summed E-state index contributed by atoms with van der Waals surface area (Å²) >= 11 is 5.44. The standard InChI is InChI=1S/C11H15N5O3.C5H6ClN3O2/c1-8-4-12-9(14(8)2)6-19-7-10-13-5-11(15(10)3)16(17)18;1-8-4(2-6)7-3-5(8)9(10)11/h4-5H,6-7H2,1-3H3;3H,2H2,1H3. The second-order valence-electron chi connectivity index (χ2n) is 6.20. The molecule has 13 nitrogen and oxygen atoms in total. The Morgan fingerprint density at radius 1 is 0.867 bits per heavy atom. The predicted molar refractivity (Wildman–Crippen MR) is 106 cm³/mol. The number of aryl methyl sites for hydroxylation is 1. The van der Waals surface area contributed by atoms with Gasteiger partial charge in [0.1, 0.15) is 37.3 Å². The van der Waals surface area contributed by atoms with E-state index in [0.29, 0.717) is 18.3 Å². The largest absolute Gasteiger partial charge is 0.363 e. The van der Waals surface area contributed by atoms with Crippen molar-refractivity contribution >= 4 is 23.2 Å². The van der Waals surface area contributed by atoms with Gasteiger partial charge in [0.05, 0.1) is 14.1 Å². The molecule has 3 heterocycles. The van der Waals surface area contributed by atoms with Gasteiger partial charge in [-0.3, -0.25) is 0 Å². The fraction of sp³-hybridized carbons (Fsp3) is 0.438. The number of hydrogen-bond donors (Lipinski definition) is 0. The summed E-state index contributed by atoms with van der Waals surface area (Å²) in [6.07, 6.45) is 4.19. The summed E-state index contributed by atoms with van der Waals surface area (Å²) in [6.45, 7) is 2.50. The van der Waals surface area contributed by atoms with Crippen LogP contribution in [-0.4, -0.2) is 38.5 Å². The molecule has 162 valence electrons. The molecule has 3 aromatic heterocycles. The molecular weight excluding hydrogens is 420 g/mol. The van der Waals surface area contributed by atoms with Crippen LogP contribution in [-0.2, 0) is 45.0 Å². The van der Waals surface area contributed by atoms with Gasteiger partial charge in [-0.05, 0) is 16.8 Å². The first-order valence-corrected chi connectivity index (χ1v) is 9.11. The molecule has 0 aliphatic carbocycles. The molecule has 0 atom stereocenters. The van der Waals surface area contributed by atoms with Crippen LogP contribution in [0.1, 0.15) is 23.2 Å².